The molecule has 0 saturated heterocycles. The van der Waals surface area contributed by atoms with Gasteiger partial charge in [-0.1, -0.05) is 12.1 Å². The summed E-state index contributed by atoms with van der Waals surface area (Å²) in [4.78, 5) is 0. The molecule has 1 aromatic rings. The summed E-state index contributed by atoms with van der Waals surface area (Å²) in [5, 5.41) is 8.90. The number of fused-ring (bicyclic) bond motifs is 1. The van der Waals surface area contributed by atoms with Crippen LogP contribution in [0.2, 0.25) is 0 Å². The second kappa shape index (κ2) is 2.79. The molecule has 2 heteroatoms. The Bertz CT molecular complexity index is 294. The Balaban J connectivity index is 2.35. The third-order valence-corrected chi connectivity index (χ3v) is 2.30. The SMILES string of the molecule is Cc1cccc2c1CC(CO)O2. The third-order valence-electron chi connectivity index (χ3n) is 2.30. The number of aliphatic hydroxyl groups is 1. The van der Waals surface area contributed by atoms with Crippen molar-refractivity contribution in [2.45, 2.75) is 19.4 Å². The van der Waals surface area contributed by atoms with Gasteiger partial charge in [0.1, 0.15) is 11.9 Å². The van der Waals surface area contributed by atoms with E-state index < -0.39 is 0 Å². The van der Waals surface area contributed by atoms with E-state index in [1.54, 1.807) is 0 Å². The first-order chi connectivity index (χ1) is 5.81. The summed E-state index contributed by atoms with van der Waals surface area (Å²) in [6.07, 6.45) is 0.819. The lowest BCUT2D eigenvalue weighted by atomic mass is 10.0. The first kappa shape index (κ1) is 7.62. The number of benzene rings is 1. The molecule has 1 unspecified atom stereocenters. The molecule has 0 aliphatic carbocycles. The summed E-state index contributed by atoms with van der Waals surface area (Å²) in [6, 6.07) is 6.01. The summed E-state index contributed by atoms with van der Waals surface area (Å²) in [5.41, 5.74) is 2.50. The fraction of sp³-hybridized carbons (Fsp3) is 0.400. The number of hydrogen-bond acceptors (Lipinski definition) is 2. The molecule has 0 fully saturated rings. The van der Waals surface area contributed by atoms with Crippen LogP contribution in [0.25, 0.3) is 0 Å². The molecule has 0 amide bonds. The van der Waals surface area contributed by atoms with Gasteiger partial charge in [-0.15, -0.1) is 0 Å². The maximum atomic E-state index is 8.90. The van der Waals surface area contributed by atoms with Crippen molar-refractivity contribution in [3.63, 3.8) is 0 Å². The van der Waals surface area contributed by atoms with E-state index in [4.69, 9.17) is 9.84 Å². The molecule has 0 spiro atoms. The fourth-order valence-corrected chi connectivity index (χ4v) is 1.60. The molecule has 1 heterocycles. The zero-order valence-electron chi connectivity index (χ0n) is 7.08. The smallest absolute Gasteiger partial charge is 0.126 e. The van der Waals surface area contributed by atoms with Gasteiger partial charge in [0.15, 0.2) is 0 Å². The predicted octanol–water partition coefficient (Wildman–Crippen LogP) is 1.29. The summed E-state index contributed by atoms with van der Waals surface area (Å²) >= 11 is 0. The van der Waals surface area contributed by atoms with Crippen molar-refractivity contribution < 1.29 is 9.84 Å². The van der Waals surface area contributed by atoms with Gasteiger partial charge in [-0.3, -0.25) is 0 Å². The van der Waals surface area contributed by atoms with Crippen molar-refractivity contribution in [3.8, 4) is 5.75 Å². The molecule has 0 radical (unpaired) electrons. The Morgan fingerprint density at radius 3 is 3.08 bits per heavy atom. The van der Waals surface area contributed by atoms with Crippen molar-refractivity contribution >= 4 is 0 Å². The molecule has 64 valence electrons. The minimum atomic E-state index is -0.0268. The van der Waals surface area contributed by atoms with Crippen LogP contribution in [0.1, 0.15) is 11.1 Å². The minimum Gasteiger partial charge on any atom is -0.487 e. The first-order valence-corrected chi connectivity index (χ1v) is 4.17. The lowest BCUT2D eigenvalue weighted by Gasteiger charge is -2.04. The molecule has 1 aliphatic rings. The van der Waals surface area contributed by atoms with Gasteiger partial charge in [-0.05, 0) is 18.6 Å². The summed E-state index contributed by atoms with van der Waals surface area (Å²) in [6.45, 7) is 2.18. The molecule has 1 N–H and O–H groups in total. The molecule has 12 heavy (non-hydrogen) atoms. The van der Waals surface area contributed by atoms with Crippen LogP contribution in [-0.2, 0) is 6.42 Å². The molecular weight excluding hydrogens is 152 g/mol. The average Bonchev–Trinajstić information content (AvgIpc) is 2.49. The monoisotopic (exact) mass is 164 g/mol. The number of rotatable bonds is 1. The van der Waals surface area contributed by atoms with Crippen LogP contribution in [-0.4, -0.2) is 17.8 Å². The van der Waals surface area contributed by atoms with Crippen molar-refractivity contribution in [3.05, 3.63) is 29.3 Å². The van der Waals surface area contributed by atoms with Crippen LogP contribution < -0.4 is 4.74 Å². The Labute approximate surface area is 71.8 Å². The summed E-state index contributed by atoms with van der Waals surface area (Å²) in [5.74, 6) is 0.939. The molecule has 0 saturated carbocycles. The summed E-state index contributed by atoms with van der Waals surface area (Å²) < 4.78 is 5.49. The third kappa shape index (κ3) is 1.08. The van der Waals surface area contributed by atoms with Gasteiger partial charge in [0.2, 0.25) is 0 Å². The molecule has 1 aliphatic heterocycles. The van der Waals surface area contributed by atoms with E-state index in [-0.39, 0.29) is 12.7 Å². The van der Waals surface area contributed by atoms with Crippen LogP contribution in [0.4, 0.5) is 0 Å². The lowest BCUT2D eigenvalue weighted by molar-refractivity contribution is 0.134. The standard InChI is InChI=1S/C10H12O2/c1-7-3-2-4-10-9(7)5-8(6-11)12-10/h2-4,8,11H,5-6H2,1H3. The van der Waals surface area contributed by atoms with Gasteiger partial charge in [-0.25, -0.2) is 0 Å². The largest absolute Gasteiger partial charge is 0.487 e. The Morgan fingerprint density at radius 2 is 2.42 bits per heavy atom. The van der Waals surface area contributed by atoms with Crippen molar-refractivity contribution in [2.24, 2.45) is 0 Å². The van der Waals surface area contributed by atoms with Gasteiger partial charge in [-0.2, -0.15) is 0 Å². The highest BCUT2D eigenvalue weighted by molar-refractivity contribution is 5.42. The second-order valence-electron chi connectivity index (χ2n) is 3.18. The van der Waals surface area contributed by atoms with Crippen molar-refractivity contribution in [1.82, 2.24) is 0 Å². The first-order valence-electron chi connectivity index (χ1n) is 4.17. The Hall–Kier alpha value is -1.02. The Kier molecular flexibility index (Phi) is 1.77. The molecule has 1 atom stereocenters. The average molecular weight is 164 g/mol. The van der Waals surface area contributed by atoms with E-state index in [1.165, 1.54) is 11.1 Å². The van der Waals surface area contributed by atoms with Crippen LogP contribution in [0, 0.1) is 6.92 Å². The van der Waals surface area contributed by atoms with E-state index in [0.717, 1.165) is 12.2 Å². The van der Waals surface area contributed by atoms with Gasteiger partial charge in [0, 0.05) is 12.0 Å². The van der Waals surface area contributed by atoms with Crippen LogP contribution in [0.15, 0.2) is 18.2 Å². The molecule has 1 aromatic carbocycles. The number of aryl methyl sites for hydroxylation is 1. The van der Waals surface area contributed by atoms with E-state index in [1.807, 2.05) is 12.1 Å². The molecule has 2 nitrogen and oxygen atoms in total. The molecule has 0 bridgehead atoms. The lowest BCUT2D eigenvalue weighted by Crippen LogP contribution is -2.17. The number of ether oxygens (including phenoxy) is 1. The van der Waals surface area contributed by atoms with Gasteiger partial charge in [0.05, 0.1) is 6.61 Å². The highest BCUT2D eigenvalue weighted by Gasteiger charge is 2.22. The maximum Gasteiger partial charge on any atom is 0.126 e. The molecular formula is C10H12O2. The zero-order chi connectivity index (χ0) is 8.55. The quantitative estimate of drug-likeness (QED) is 0.677. The van der Waals surface area contributed by atoms with E-state index in [0.29, 0.717) is 0 Å². The van der Waals surface area contributed by atoms with Gasteiger partial charge in [0.25, 0.3) is 0 Å². The second-order valence-corrected chi connectivity index (χ2v) is 3.18. The topological polar surface area (TPSA) is 29.5 Å². The van der Waals surface area contributed by atoms with Crippen molar-refractivity contribution in [1.29, 1.82) is 0 Å². The fourth-order valence-electron chi connectivity index (χ4n) is 1.60. The van der Waals surface area contributed by atoms with Gasteiger partial charge < -0.3 is 9.84 Å². The minimum absolute atomic E-state index is 0.0268. The van der Waals surface area contributed by atoms with Crippen LogP contribution >= 0.6 is 0 Å². The number of aliphatic hydroxyl groups excluding tert-OH is 1. The normalized spacial score (nSPS) is 20.3. The van der Waals surface area contributed by atoms with Crippen LogP contribution in [0.5, 0.6) is 5.75 Å². The van der Waals surface area contributed by atoms with Crippen LogP contribution in [0.3, 0.4) is 0 Å². The van der Waals surface area contributed by atoms with E-state index in [2.05, 4.69) is 13.0 Å². The molecule has 2 rings (SSSR count). The summed E-state index contributed by atoms with van der Waals surface area (Å²) in [7, 11) is 0. The molecule has 0 aromatic heterocycles. The highest BCUT2D eigenvalue weighted by Crippen LogP contribution is 2.30. The zero-order valence-corrected chi connectivity index (χ0v) is 7.08. The highest BCUT2D eigenvalue weighted by atomic mass is 16.5. The number of hydrogen-bond donors (Lipinski definition) is 1. The van der Waals surface area contributed by atoms with Crippen molar-refractivity contribution in [2.75, 3.05) is 6.61 Å². The maximum absolute atomic E-state index is 8.90. The van der Waals surface area contributed by atoms with E-state index in [9.17, 15) is 0 Å². The van der Waals surface area contributed by atoms with Gasteiger partial charge >= 0.3 is 0 Å². The Morgan fingerprint density at radius 1 is 1.58 bits per heavy atom. The predicted molar refractivity (Wildman–Crippen MR) is 46.4 cm³/mol. The van der Waals surface area contributed by atoms with E-state index >= 15 is 0 Å².